The van der Waals surface area contributed by atoms with Crippen LogP contribution in [-0.2, 0) is 4.74 Å². The molecule has 0 spiro atoms. The van der Waals surface area contributed by atoms with Crippen LogP contribution in [0.1, 0.15) is 37.5 Å². The predicted molar refractivity (Wildman–Crippen MR) is 67.4 cm³/mol. The van der Waals surface area contributed by atoms with E-state index < -0.39 is 0 Å². The molecule has 1 aromatic rings. The molecular formula is C15H20O. The Kier molecular flexibility index (Phi) is 2.90. The van der Waals surface area contributed by atoms with E-state index in [2.05, 4.69) is 51.6 Å². The summed E-state index contributed by atoms with van der Waals surface area (Å²) in [5, 5.41) is 0. The molecule has 1 aliphatic rings. The summed E-state index contributed by atoms with van der Waals surface area (Å²) >= 11 is 0. The number of benzene rings is 1. The van der Waals surface area contributed by atoms with Crippen LogP contribution in [0.4, 0.5) is 0 Å². The van der Waals surface area contributed by atoms with Gasteiger partial charge in [0.15, 0.2) is 0 Å². The Hall–Kier alpha value is -1.08. The molecule has 1 saturated heterocycles. The van der Waals surface area contributed by atoms with E-state index >= 15 is 0 Å². The van der Waals surface area contributed by atoms with Crippen LogP contribution in [0.25, 0.3) is 0 Å². The van der Waals surface area contributed by atoms with E-state index in [0.717, 1.165) is 6.42 Å². The Labute approximate surface area is 98.1 Å². The number of aryl methyl sites for hydroxylation is 1. The van der Waals surface area contributed by atoms with E-state index in [0.29, 0.717) is 6.10 Å². The topological polar surface area (TPSA) is 9.23 Å². The van der Waals surface area contributed by atoms with Crippen LogP contribution in [0.2, 0.25) is 0 Å². The highest BCUT2D eigenvalue weighted by Gasteiger charge is 2.49. The molecule has 86 valence electrons. The van der Waals surface area contributed by atoms with Crippen molar-refractivity contribution in [3.05, 3.63) is 48.0 Å². The molecule has 16 heavy (non-hydrogen) atoms. The first-order valence-electron chi connectivity index (χ1n) is 5.88. The molecule has 0 aliphatic carbocycles. The maximum Gasteiger partial charge on any atom is 0.0904 e. The van der Waals surface area contributed by atoms with E-state index in [4.69, 9.17) is 4.74 Å². The summed E-state index contributed by atoms with van der Waals surface area (Å²) in [6.07, 6.45) is 3.43. The molecule has 2 atom stereocenters. The van der Waals surface area contributed by atoms with Crippen LogP contribution in [0.3, 0.4) is 0 Å². The highest BCUT2D eigenvalue weighted by molar-refractivity contribution is 5.26. The minimum atomic E-state index is 0.212. The highest BCUT2D eigenvalue weighted by Crippen LogP contribution is 2.52. The highest BCUT2D eigenvalue weighted by atomic mass is 16.5. The van der Waals surface area contributed by atoms with Crippen LogP contribution in [0, 0.1) is 12.3 Å². The van der Waals surface area contributed by atoms with Gasteiger partial charge >= 0.3 is 0 Å². The molecule has 0 N–H and O–H groups in total. The molecule has 1 aromatic carbocycles. The molecule has 1 fully saturated rings. The van der Waals surface area contributed by atoms with Crippen molar-refractivity contribution in [2.75, 3.05) is 0 Å². The first-order chi connectivity index (χ1) is 7.55. The smallest absolute Gasteiger partial charge is 0.0904 e. The molecule has 1 heterocycles. The molecule has 0 aromatic heterocycles. The summed E-state index contributed by atoms with van der Waals surface area (Å²) < 4.78 is 5.95. The van der Waals surface area contributed by atoms with Crippen molar-refractivity contribution >= 4 is 0 Å². The van der Waals surface area contributed by atoms with Gasteiger partial charge in [0.2, 0.25) is 0 Å². The molecule has 2 unspecified atom stereocenters. The molecule has 1 nitrogen and oxygen atoms in total. The van der Waals surface area contributed by atoms with Gasteiger partial charge in [-0.3, -0.25) is 0 Å². The first-order valence-corrected chi connectivity index (χ1v) is 5.88. The molecule has 0 radical (unpaired) electrons. The van der Waals surface area contributed by atoms with Gasteiger partial charge in [0, 0.05) is 5.41 Å². The Bertz CT molecular complexity index is 375. The zero-order valence-corrected chi connectivity index (χ0v) is 10.4. The molecule has 0 bridgehead atoms. The lowest BCUT2D eigenvalue weighted by molar-refractivity contribution is -0.237. The second kappa shape index (κ2) is 4.06. The SMILES string of the molecule is C=CCC1OC(c2ccc(C)cc2)C1(C)C. The summed E-state index contributed by atoms with van der Waals surface area (Å²) in [5.74, 6) is 0. The fourth-order valence-corrected chi connectivity index (χ4v) is 2.37. The first kappa shape index (κ1) is 11.4. The fraction of sp³-hybridized carbons (Fsp3) is 0.467. The fourth-order valence-electron chi connectivity index (χ4n) is 2.37. The van der Waals surface area contributed by atoms with Crippen LogP contribution >= 0.6 is 0 Å². The minimum Gasteiger partial charge on any atom is -0.369 e. The minimum absolute atomic E-state index is 0.212. The molecule has 1 heteroatoms. The van der Waals surface area contributed by atoms with Gasteiger partial charge in [0.25, 0.3) is 0 Å². The Morgan fingerprint density at radius 1 is 1.31 bits per heavy atom. The van der Waals surface area contributed by atoms with E-state index in [1.807, 2.05) is 6.08 Å². The molecule has 0 saturated carbocycles. The van der Waals surface area contributed by atoms with Crippen LogP contribution in [-0.4, -0.2) is 6.10 Å². The summed E-state index contributed by atoms with van der Waals surface area (Å²) in [4.78, 5) is 0. The summed E-state index contributed by atoms with van der Waals surface area (Å²) in [5.41, 5.74) is 2.79. The Morgan fingerprint density at radius 3 is 2.44 bits per heavy atom. The molecule has 1 aliphatic heterocycles. The van der Waals surface area contributed by atoms with Gasteiger partial charge < -0.3 is 4.74 Å². The third-order valence-corrected chi connectivity index (χ3v) is 3.57. The average Bonchev–Trinajstić information content (AvgIpc) is 2.26. The standard InChI is InChI=1S/C15H20O/c1-5-6-13-15(3,4)14(16-13)12-9-7-11(2)8-10-12/h5,7-10,13-14H,1,6H2,2-4H3. The number of hydrogen-bond donors (Lipinski definition) is 0. The van der Waals surface area contributed by atoms with Crippen molar-refractivity contribution < 1.29 is 4.74 Å². The van der Waals surface area contributed by atoms with E-state index in [1.54, 1.807) is 0 Å². The van der Waals surface area contributed by atoms with Gasteiger partial charge in [-0.15, -0.1) is 6.58 Å². The lowest BCUT2D eigenvalue weighted by atomic mass is 9.71. The zero-order valence-electron chi connectivity index (χ0n) is 10.4. The van der Waals surface area contributed by atoms with Crippen molar-refractivity contribution in [3.63, 3.8) is 0 Å². The van der Waals surface area contributed by atoms with Gasteiger partial charge in [0.05, 0.1) is 12.2 Å². The quantitative estimate of drug-likeness (QED) is 0.693. The largest absolute Gasteiger partial charge is 0.369 e. The maximum atomic E-state index is 5.95. The van der Waals surface area contributed by atoms with Crippen molar-refractivity contribution in [2.24, 2.45) is 5.41 Å². The number of hydrogen-bond acceptors (Lipinski definition) is 1. The average molecular weight is 216 g/mol. The van der Waals surface area contributed by atoms with Crippen LogP contribution in [0.5, 0.6) is 0 Å². The van der Waals surface area contributed by atoms with Crippen LogP contribution in [0.15, 0.2) is 36.9 Å². The molecule has 2 rings (SSSR count). The van der Waals surface area contributed by atoms with E-state index in [-0.39, 0.29) is 11.5 Å². The van der Waals surface area contributed by atoms with Gasteiger partial charge in [0.1, 0.15) is 0 Å². The summed E-state index contributed by atoms with van der Waals surface area (Å²) in [6, 6.07) is 8.64. The van der Waals surface area contributed by atoms with Crippen molar-refractivity contribution in [1.29, 1.82) is 0 Å². The maximum absolute atomic E-state index is 5.95. The van der Waals surface area contributed by atoms with Crippen LogP contribution < -0.4 is 0 Å². The van der Waals surface area contributed by atoms with E-state index in [1.165, 1.54) is 11.1 Å². The number of ether oxygens (including phenoxy) is 1. The number of rotatable bonds is 3. The zero-order chi connectivity index (χ0) is 11.8. The van der Waals surface area contributed by atoms with E-state index in [9.17, 15) is 0 Å². The second-order valence-electron chi connectivity index (χ2n) is 5.26. The lowest BCUT2D eigenvalue weighted by Gasteiger charge is -2.52. The van der Waals surface area contributed by atoms with Gasteiger partial charge in [-0.2, -0.15) is 0 Å². The Morgan fingerprint density at radius 2 is 1.94 bits per heavy atom. The molecule has 0 amide bonds. The van der Waals surface area contributed by atoms with Gasteiger partial charge in [-0.25, -0.2) is 0 Å². The third-order valence-electron chi connectivity index (χ3n) is 3.57. The normalized spacial score (nSPS) is 27.2. The lowest BCUT2D eigenvalue weighted by Crippen LogP contribution is -2.49. The Balaban J connectivity index is 2.14. The second-order valence-corrected chi connectivity index (χ2v) is 5.26. The summed E-state index contributed by atoms with van der Waals surface area (Å²) in [7, 11) is 0. The van der Waals surface area contributed by atoms with Crippen molar-refractivity contribution in [1.82, 2.24) is 0 Å². The van der Waals surface area contributed by atoms with Crippen molar-refractivity contribution in [2.45, 2.75) is 39.4 Å². The third kappa shape index (κ3) is 1.80. The molecular weight excluding hydrogens is 196 g/mol. The predicted octanol–water partition coefficient (Wildman–Crippen LogP) is 4.04. The summed E-state index contributed by atoms with van der Waals surface area (Å²) in [6.45, 7) is 10.4. The monoisotopic (exact) mass is 216 g/mol. The van der Waals surface area contributed by atoms with Gasteiger partial charge in [-0.05, 0) is 18.9 Å². The van der Waals surface area contributed by atoms with Gasteiger partial charge in [-0.1, -0.05) is 49.8 Å². The van der Waals surface area contributed by atoms with Crippen molar-refractivity contribution in [3.8, 4) is 0 Å².